The molecular weight excluding hydrogens is 683 g/mol. The molecule has 10 nitrogen and oxygen atoms in total. The van der Waals surface area contributed by atoms with Crippen LogP contribution in [0.15, 0.2) is 48.6 Å². The third-order valence-corrected chi connectivity index (χ3v) is 9.19. The van der Waals surface area contributed by atoms with Gasteiger partial charge in [0.25, 0.3) is 0 Å². The maximum Gasteiger partial charge on any atom is 0.472 e. The van der Waals surface area contributed by atoms with Crippen molar-refractivity contribution in [2.24, 2.45) is 0 Å². The average molecular weight is 757 g/mol. The first-order chi connectivity index (χ1) is 25.2. The normalized spacial score (nSPS) is 14.5. The van der Waals surface area contributed by atoms with Crippen LogP contribution < -0.4 is 0 Å². The van der Waals surface area contributed by atoms with Gasteiger partial charge in [0.2, 0.25) is 0 Å². The van der Waals surface area contributed by atoms with Gasteiger partial charge in [-0.25, -0.2) is 4.57 Å². The molecule has 0 fully saturated rings. The number of unbranched alkanes of at least 4 members (excludes halogenated alkanes) is 15. The molecule has 0 aliphatic carbocycles. The number of phosphoric ester groups is 1. The van der Waals surface area contributed by atoms with Crippen molar-refractivity contribution in [3.05, 3.63) is 48.6 Å². The molecule has 11 heteroatoms. The number of ether oxygens (including phenoxy) is 2. The van der Waals surface area contributed by atoms with Crippen molar-refractivity contribution in [2.45, 2.75) is 174 Å². The maximum atomic E-state index is 12.5. The number of carbonyl (C=O) groups is 2. The first-order valence-electron chi connectivity index (χ1n) is 20.1. The Balaban J connectivity index is 4.38. The fourth-order valence-corrected chi connectivity index (χ4v) is 5.89. The predicted octanol–water partition coefficient (Wildman–Crippen LogP) is 10.2. The topological polar surface area (TPSA) is 149 Å². The summed E-state index contributed by atoms with van der Waals surface area (Å²) < 4.78 is 32.5. The van der Waals surface area contributed by atoms with E-state index in [-0.39, 0.29) is 19.4 Å². The molecule has 302 valence electrons. The predicted molar refractivity (Wildman–Crippen MR) is 210 cm³/mol. The molecule has 0 aromatic heterocycles. The molecule has 0 saturated heterocycles. The molecule has 0 heterocycles. The number of hydrogen-bond donors (Lipinski definition) is 3. The van der Waals surface area contributed by atoms with Crippen LogP contribution in [0, 0.1) is 0 Å². The molecular formula is C41H73O10P. The maximum absolute atomic E-state index is 12.5. The molecule has 1 unspecified atom stereocenters. The highest BCUT2D eigenvalue weighted by molar-refractivity contribution is 7.47. The van der Waals surface area contributed by atoms with Crippen LogP contribution in [0.2, 0.25) is 0 Å². The molecule has 0 aromatic rings. The van der Waals surface area contributed by atoms with Crippen molar-refractivity contribution in [1.82, 2.24) is 0 Å². The van der Waals surface area contributed by atoms with Gasteiger partial charge in [-0.1, -0.05) is 146 Å². The van der Waals surface area contributed by atoms with Gasteiger partial charge in [-0.15, -0.1) is 0 Å². The van der Waals surface area contributed by atoms with Crippen LogP contribution >= 0.6 is 7.82 Å². The van der Waals surface area contributed by atoms with E-state index >= 15 is 0 Å². The molecule has 0 saturated carbocycles. The minimum Gasteiger partial charge on any atom is -0.462 e. The lowest BCUT2D eigenvalue weighted by atomic mass is 10.1. The largest absolute Gasteiger partial charge is 0.472 e. The number of esters is 2. The van der Waals surface area contributed by atoms with Crippen molar-refractivity contribution in [2.75, 3.05) is 26.4 Å². The summed E-state index contributed by atoms with van der Waals surface area (Å²) in [4.78, 5) is 34.7. The van der Waals surface area contributed by atoms with E-state index in [2.05, 4.69) is 54.8 Å². The summed E-state index contributed by atoms with van der Waals surface area (Å²) in [6, 6.07) is 0. The molecule has 0 aromatic carbocycles. The molecule has 0 spiro atoms. The smallest absolute Gasteiger partial charge is 0.462 e. The molecule has 0 amide bonds. The van der Waals surface area contributed by atoms with E-state index in [1.807, 2.05) is 12.2 Å². The lowest BCUT2D eigenvalue weighted by molar-refractivity contribution is -0.161. The SMILES string of the molecule is CCCCCCCCC/C=C/C/C=C/C/C=C/C/C=C/CCCC(=O)O[C@H](COC(=O)CCCCCCCCCC)COP(=O)(O)OC[C@@H](O)CO. The number of rotatable bonds is 37. The van der Waals surface area contributed by atoms with Crippen LogP contribution in [0.25, 0.3) is 0 Å². The van der Waals surface area contributed by atoms with E-state index in [4.69, 9.17) is 19.1 Å². The lowest BCUT2D eigenvalue weighted by Crippen LogP contribution is -2.29. The van der Waals surface area contributed by atoms with Gasteiger partial charge in [0.15, 0.2) is 6.10 Å². The summed E-state index contributed by atoms with van der Waals surface area (Å²) in [6.07, 6.45) is 38.2. The third-order valence-electron chi connectivity index (χ3n) is 8.24. The van der Waals surface area contributed by atoms with E-state index in [1.165, 1.54) is 77.0 Å². The summed E-state index contributed by atoms with van der Waals surface area (Å²) in [5.74, 6) is -0.997. The first-order valence-corrected chi connectivity index (χ1v) is 21.6. The summed E-state index contributed by atoms with van der Waals surface area (Å²) in [5.41, 5.74) is 0. The van der Waals surface area contributed by atoms with Crippen LogP contribution in [0.1, 0.15) is 162 Å². The van der Waals surface area contributed by atoms with E-state index in [1.54, 1.807) is 0 Å². The van der Waals surface area contributed by atoms with Crippen LogP contribution in [-0.2, 0) is 32.7 Å². The Hall–Kier alpha value is -2.07. The minimum absolute atomic E-state index is 0.108. The van der Waals surface area contributed by atoms with Gasteiger partial charge in [0.05, 0.1) is 19.8 Å². The van der Waals surface area contributed by atoms with Crippen molar-refractivity contribution >= 4 is 19.8 Å². The Morgan fingerprint density at radius 1 is 0.577 bits per heavy atom. The summed E-state index contributed by atoms with van der Waals surface area (Å²) >= 11 is 0. The molecule has 3 atom stereocenters. The van der Waals surface area contributed by atoms with E-state index < -0.39 is 51.8 Å². The first kappa shape index (κ1) is 49.9. The molecule has 0 bridgehead atoms. The molecule has 0 aliphatic heterocycles. The quantitative estimate of drug-likeness (QED) is 0.0242. The molecule has 0 radical (unpaired) electrons. The molecule has 52 heavy (non-hydrogen) atoms. The highest BCUT2D eigenvalue weighted by Crippen LogP contribution is 2.43. The van der Waals surface area contributed by atoms with Crippen LogP contribution in [-0.4, -0.2) is 65.7 Å². The van der Waals surface area contributed by atoms with E-state index in [0.29, 0.717) is 19.3 Å². The summed E-state index contributed by atoms with van der Waals surface area (Å²) in [7, 11) is -4.62. The standard InChI is InChI=1S/C41H73O10P/c1-3-5-7-9-11-13-14-15-16-17-18-19-20-21-22-23-24-25-27-29-31-33-41(45)51-39(37-50-52(46,47)49-35-38(43)34-42)36-48-40(44)32-30-28-26-12-10-8-6-4-2/h16-17,19-20,22-23,25,27,38-39,42-43H,3-15,18,21,24,26,28-37H2,1-2H3,(H,46,47)/b17-16+,20-19+,23-22+,27-25+/t38-,39+/m0/s1. The number of hydrogen-bond acceptors (Lipinski definition) is 9. The van der Waals surface area contributed by atoms with Gasteiger partial charge in [-0.05, 0) is 51.4 Å². The number of carbonyl (C=O) groups excluding carboxylic acids is 2. The van der Waals surface area contributed by atoms with Crippen LogP contribution in [0.3, 0.4) is 0 Å². The van der Waals surface area contributed by atoms with Crippen molar-refractivity contribution in [1.29, 1.82) is 0 Å². The Bertz CT molecular complexity index is 1010. The van der Waals surface area contributed by atoms with Crippen LogP contribution in [0.5, 0.6) is 0 Å². The number of aliphatic hydroxyl groups excluding tert-OH is 2. The number of allylic oxidation sites excluding steroid dienone is 8. The van der Waals surface area contributed by atoms with Gasteiger partial charge in [0.1, 0.15) is 12.7 Å². The average Bonchev–Trinajstić information content (AvgIpc) is 3.13. The Morgan fingerprint density at radius 2 is 1.02 bits per heavy atom. The highest BCUT2D eigenvalue weighted by Gasteiger charge is 2.27. The second-order valence-corrected chi connectivity index (χ2v) is 14.8. The van der Waals surface area contributed by atoms with Gasteiger partial charge < -0.3 is 24.6 Å². The third kappa shape index (κ3) is 36.3. The second-order valence-electron chi connectivity index (χ2n) is 13.3. The number of aliphatic hydroxyl groups is 2. The Labute approximate surface area is 315 Å². The van der Waals surface area contributed by atoms with Gasteiger partial charge in [-0.2, -0.15) is 0 Å². The Morgan fingerprint density at radius 3 is 1.56 bits per heavy atom. The van der Waals surface area contributed by atoms with Gasteiger partial charge >= 0.3 is 19.8 Å². The fourth-order valence-electron chi connectivity index (χ4n) is 5.10. The van der Waals surface area contributed by atoms with E-state index in [0.717, 1.165) is 38.5 Å². The van der Waals surface area contributed by atoms with Crippen LogP contribution in [0.4, 0.5) is 0 Å². The van der Waals surface area contributed by atoms with Gasteiger partial charge in [-0.3, -0.25) is 18.6 Å². The van der Waals surface area contributed by atoms with Crippen molar-refractivity contribution in [3.63, 3.8) is 0 Å². The lowest BCUT2D eigenvalue weighted by Gasteiger charge is -2.20. The highest BCUT2D eigenvalue weighted by atomic mass is 31.2. The molecule has 3 N–H and O–H groups in total. The van der Waals surface area contributed by atoms with Crippen molar-refractivity contribution in [3.8, 4) is 0 Å². The zero-order chi connectivity index (χ0) is 38.4. The molecule has 0 rings (SSSR count). The fraction of sp³-hybridized carbons (Fsp3) is 0.756. The number of phosphoric acid groups is 1. The Kier molecular flexibility index (Phi) is 35.8. The monoisotopic (exact) mass is 756 g/mol. The zero-order valence-electron chi connectivity index (χ0n) is 32.5. The molecule has 0 aliphatic rings. The summed E-state index contributed by atoms with van der Waals surface area (Å²) in [5, 5.41) is 18.3. The van der Waals surface area contributed by atoms with Crippen molar-refractivity contribution < 1.29 is 47.8 Å². The summed E-state index contributed by atoms with van der Waals surface area (Å²) in [6.45, 7) is 2.26. The van der Waals surface area contributed by atoms with Gasteiger partial charge in [0, 0.05) is 12.8 Å². The minimum atomic E-state index is -4.62. The van der Waals surface area contributed by atoms with E-state index in [9.17, 15) is 24.2 Å². The zero-order valence-corrected chi connectivity index (χ0v) is 33.4. The second kappa shape index (κ2) is 37.3.